The van der Waals surface area contributed by atoms with Crippen molar-refractivity contribution in [2.75, 3.05) is 11.9 Å². The molecule has 1 aliphatic rings. The average molecular weight is 406 g/mol. The molecular weight excluding hydrogens is 392 g/mol. The number of anilines is 1. The number of benzene rings is 1. The normalized spacial score (nSPS) is 15.8. The molecule has 1 saturated heterocycles. The van der Waals surface area contributed by atoms with E-state index >= 15 is 0 Å². The molecule has 0 spiro atoms. The van der Waals surface area contributed by atoms with E-state index in [9.17, 15) is 18.8 Å². The van der Waals surface area contributed by atoms with Crippen LogP contribution in [0.1, 0.15) is 31.1 Å². The Morgan fingerprint density at radius 2 is 1.85 bits per heavy atom. The molecule has 26 heavy (non-hydrogen) atoms. The van der Waals surface area contributed by atoms with Crippen molar-refractivity contribution < 1.29 is 33.0 Å². The Bertz CT molecular complexity index is 799. The highest BCUT2D eigenvalue weighted by atomic mass is 35.5. The van der Waals surface area contributed by atoms with Gasteiger partial charge in [-0.15, -0.1) is 0 Å². The molecule has 140 valence electrons. The number of rotatable bonds is 4. The molecule has 0 saturated carbocycles. The van der Waals surface area contributed by atoms with Gasteiger partial charge in [0.25, 0.3) is 5.79 Å². The Hall–Kier alpha value is -2.32. The van der Waals surface area contributed by atoms with E-state index in [0.29, 0.717) is 0 Å². The van der Waals surface area contributed by atoms with Crippen LogP contribution in [-0.4, -0.2) is 30.3 Å². The third-order valence-electron chi connectivity index (χ3n) is 3.13. The SMILES string of the molecule is CCOC(=O)c1cc(F)c(Cl)c(NC=C2C(=O)OC(C)(C)OC2=O)c1Cl. The van der Waals surface area contributed by atoms with Gasteiger partial charge in [-0.3, -0.25) is 0 Å². The highest BCUT2D eigenvalue weighted by Crippen LogP contribution is 2.36. The van der Waals surface area contributed by atoms with Gasteiger partial charge in [-0.05, 0) is 13.0 Å². The summed E-state index contributed by atoms with van der Waals surface area (Å²) in [5.74, 6) is -5.12. The lowest BCUT2D eigenvalue weighted by Crippen LogP contribution is -2.42. The Morgan fingerprint density at radius 1 is 1.27 bits per heavy atom. The summed E-state index contributed by atoms with van der Waals surface area (Å²) < 4.78 is 28.6. The maximum absolute atomic E-state index is 14.0. The number of hydrogen-bond acceptors (Lipinski definition) is 7. The maximum atomic E-state index is 14.0. The minimum Gasteiger partial charge on any atom is -0.462 e. The van der Waals surface area contributed by atoms with Crippen LogP contribution in [-0.2, 0) is 23.8 Å². The lowest BCUT2D eigenvalue weighted by atomic mass is 10.1. The highest BCUT2D eigenvalue weighted by Gasteiger charge is 2.39. The van der Waals surface area contributed by atoms with E-state index in [-0.39, 0.29) is 22.9 Å². The molecular formula is C16H14Cl2FNO6. The number of nitrogens with one attached hydrogen (secondary N) is 1. The second kappa shape index (κ2) is 7.51. The Morgan fingerprint density at radius 3 is 2.38 bits per heavy atom. The van der Waals surface area contributed by atoms with E-state index in [0.717, 1.165) is 12.3 Å². The van der Waals surface area contributed by atoms with E-state index in [2.05, 4.69) is 5.32 Å². The molecule has 2 rings (SSSR count). The molecule has 1 aromatic rings. The van der Waals surface area contributed by atoms with Gasteiger partial charge in [0, 0.05) is 20.0 Å². The summed E-state index contributed by atoms with van der Waals surface area (Å²) in [6.45, 7) is 4.40. The van der Waals surface area contributed by atoms with Crippen LogP contribution < -0.4 is 5.32 Å². The van der Waals surface area contributed by atoms with Gasteiger partial charge >= 0.3 is 17.9 Å². The number of carbonyl (C=O) groups is 3. The van der Waals surface area contributed by atoms with E-state index in [1.165, 1.54) is 13.8 Å². The van der Waals surface area contributed by atoms with Crippen molar-refractivity contribution in [2.24, 2.45) is 0 Å². The molecule has 7 nitrogen and oxygen atoms in total. The summed E-state index contributed by atoms with van der Waals surface area (Å²) in [7, 11) is 0. The van der Waals surface area contributed by atoms with E-state index in [1.54, 1.807) is 6.92 Å². The van der Waals surface area contributed by atoms with E-state index in [1.807, 2.05) is 0 Å². The molecule has 1 fully saturated rings. The zero-order valence-corrected chi connectivity index (χ0v) is 15.5. The summed E-state index contributed by atoms with van der Waals surface area (Å²) in [6, 6.07) is 0.826. The summed E-state index contributed by atoms with van der Waals surface area (Å²) >= 11 is 11.9. The van der Waals surface area contributed by atoms with Gasteiger partial charge in [0.2, 0.25) is 0 Å². The minimum atomic E-state index is -1.41. The third kappa shape index (κ3) is 4.08. The van der Waals surface area contributed by atoms with Gasteiger partial charge < -0.3 is 19.5 Å². The summed E-state index contributed by atoms with van der Waals surface area (Å²) in [4.78, 5) is 35.6. The number of carbonyl (C=O) groups excluding carboxylic acids is 3. The number of cyclic esters (lactones) is 2. The van der Waals surface area contributed by atoms with Gasteiger partial charge in [-0.2, -0.15) is 0 Å². The Balaban J connectivity index is 2.39. The molecule has 1 N–H and O–H groups in total. The second-order valence-electron chi connectivity index (χ2n) is 5.51. The van der Waals surface area contributed by atoms with Gasteiger partial charge in [0.1, 0.15) is 10.8 Å². The molecule has 1 aromatic carbocycles. The fourth-order valence-electron chi connectivity index (χ4n) is 2.01. The molecule has 1 aliphatic heterocycles. The lowest BCUT2D eigenvalue weighted by molar-refractivity contribution is -0.222. The standard InChI is InChI=1S/C16H14Cl2FNO6/c1-4-24-13(21)7-5-9(19)11(18)12(10(7)17)20-6-8-14(22)25-16(2,3)26-15(8)23/h5-6,20H,4H2,1-3H3. The van der Waals surface area contributed by atoms with Crippen molar-refractivity contribution >= 4 is 46.8 Å². The number of hydrogen-bond donors (Lipinski definition) is 1. The molecule has 10 heteroatoms. The molecule has 0 bridgehead atoms. The van der Waals surface area contributed by atoms with Gasteiger partial charge in [-0.25, -0.2) is 18.8 Å². The quantitative estimate of drug-likeness (QED) is 0.355. The molecule has 0 atom stereocenters. The number of esters is 3. The van der Waals surface area contributed by atoms with Crippen LogP contribution in [0, 0.1) is 5.82 Å². The zero-order chi connectivity index (χ0) is 19.6. The molecule has 0 radical (unpaired) electrons. The molecule has 0 aliphatic carbocycles. The minimum absolute atomic E-state index is 0.0552. The topological polar surface area (TPSA) is 90.9 Å². The predicted octanol–water partition coefficient (Wildman–Crippen LogP) is 3.44. The molecule has 0 aromatic heterocycles. The van der Waals surface area contributed by atoms with Crippen molar-refractivity contribution in [3.8, 4) is 0 Å². The van der Waals surface area contributed by atoms with Crippen LogP contribution in [0.4, 0.5) is 10.1 Å². The van der Waals surface area contributed by atoms with Crippen LogP contribution in [0.2, 0.25) is 10.0 Å². The summed E-state index contributed by atoms with van der Waals surface area (Å²) in [5, 5.41) is 1.75. The van der Waals surface area contributed by atoms with Gasteiger partial charge in [-0.1, -0.05) is 23.2 Å². The second-order valence-corrected chi connectivity index (χ2v) is 6.27. The van der Waals surface area contributed by atoms with Crippen molar-refractivity contribution in [3.05, 3.63) is 39.3 Å². The predicted molar refractivity (Wildman–Crippen MR) is 90.3 cm³/mol. The van der Waals surface area contributed by atoms with Crippen molar-refractivity contribution in [3.63, 3.8) is 0 Å². The third-order valence-corrected chi connectivity index (χ3v) is 3.89. The fourth-order valence-corrected chi connectivity index (χ4v) is 2.54. The zero-order valence-electron chi connectivity index (χ0n) is 13.9. The van der Waals surface area contributed by atoms with Crippen LogP contribution in [0.5, 0.6) is 0 Å². The number of halogens is 3. The molecule has 0 unspecified atom stereocenters. The Labute approximate surface area is 158 Å². The van der Waals surface area contributed by atoms with Crippen molar-refractivity contribution in [1.82, 2.24) is 0 Å². The van der Waals surface area contributed by atoms with E-state index < -0.39 is 40.1 Å². The van der Waals surface area contributed by atoms with Crippen LogP contribution in [0.15, 0.2) is 17.8 Å². The summed E-state index contributed by atoms with van der Waals surface area (Å²) in [5.41, 5.74) is -0.987. The summed E-state index contributed by atoms with van der Waals surface area (Å²) in [6.07, 6.45) is 0.904. The van der Waals surface area contributed by atoms with Crippen LogP contribution in [0.25, 0.3) is 0 Å². The first-order chi connectivity index (χ1) is 12.1. The van der Waals surface area contributed by atoms with Gasteiger partial charge in [0.15, 0.2) is 5.57 Å². The lowest BCUT2D eigenvalue weighted by Gasteiger charge is -2.29. The van der Waals surface area contributed by atoms with Crippen molar-refractivity contribution in [2.45, 2.75) is 26.6 Å². The largest absolute Gasteiger partial charge is 0.462 e. The first-order valence-corrected chi connectivity index (χ1v) is 8.11. The van der Waals surface area contributed by atoms with Crippen LogP contribution >= 0.6 is 23.2 Å². The molecule has 1 heterocycles. The maximum Gasteiger partial charge on any atom is 0.350 e. The first kappa shape index (κ1) is 20.0. The average Bonchev–Trinajstić information content (AvgIpc) is 2.52. The fraction of sp³-hybridized carbons (Fsp3) is 0.312. The van der Waals surface area contributed by atoms with Crippen LogP contribution in [0.3, 0.4) is 0 Å². The monoisotopic (exact) mass is 405 g/mol. The Kier molecular flexibility index (Phi) is 5.77. The highest BCUT2D eigenvalue weighted by molar-refractivity contribution is 6.41. The smallest absolute Gasteiger partial charge is 0.350 e. The first-order valence-electron chi connectivity index (χ1n) is 7.35. The van der Waals surface area contributed by atoms with E-state index in [4.69, 9.17) is 37.4 Å². The van der Waals surface area contributed by atoms with Crippen molar-refractivity contribution in [1.29, 1.82) is 0 Å². The molecule has 0 amide bonds. The number of ether oxygens (including phenoxy) is 3. The van der Waals surface area contributed by atoms with Gasteiger partial charge in [0.05, 0.1) is 22.9 Å².